The highest BCUT2D eigenvalue weighted by atomic mass is 35.5. The molecule has 1 aromatic rings. The molecule has 0 radical (unpaired) electrons. The van der Waals surface area contributed by atoms with Crippen LogP contribution in [0.1, 0.15) is 46.0 Å². The Morgan fingerprint density at radius 2 is 2.11 bits per heavy atom. The summed E-state index contributed by atoms with van der Waals surface area (Å²) in [4.78, 5) is 39.8. The molecule has 3 amide bonds. The van der Waals surface area contributed by atoms with E-state index in [1.54, 1.807) is 24.3 Å². The Balaban J connectivity index is 1.78. The average molecular weight is 524 g/mol. The largest absolute Gasteiger partial charge is 0.374 e. The van der Waals surface area contributed by atoms with Crippen LogP contribution in [0.15, 0.2) is 24.3 Å². The van der Waals surface area contributed by atoms with Crippen molar-refractivity contribution in [1.29, 1.82) is 5.26 Å². The molecule has 2 saturated heterocycles. The molecular weight excluding hydrogens is 492 g/mol. The number of carbonyl (C=O) groups is 3. The highest BCUT2D eigenvalue weighted by Gasteiger charge is 2.47. The molecule has 196 valence electrons. The second kappa shape index (κ2) is 11.9. The van der Waals surface area contributed by atoms with Gasteiger partial charge in [0.15, 0.2) is 0 Å². The maximum atomic E-state index is 14.4. The molecule has 11 heteroatoms. The molecule has 0 bridgehead atoms. The lowest BCUT2D eigenvalue weighted by Crippen LogP contribution is -2.60. The van der Waals surface area contributed by atoms with E-state index in [9.17, 15) is 28.4 Å². The number of nitriles is 1. The van der Waals surface area contributed by atoms with E-state index >= 15 is 0 Å². The van der Waals surface area contributed by atoms with Crippen LogP contribution in [0, 0.1) is 23.2 Å². The third-order valence-electron chi connectivity index (χ3n) is 6.50. The summed E-state index contributed by atoms with van der Waals surface area (Å²) in [5, 5.41) is 18.3. The number of piperidine rings is 1. The Morgan fingerprint density at radius 3 is 2.72 bits per heavy atom. The molecule has 2 aliphatic heterocycles. The fourth-order valence-electron chi connectivity index (χ4n) is 4.67. The van der Waals surface area contributed by atoms with Gasteiger partial charge in [-0.05, 0) is 43.4 Å². The van der Waals surface area contributed by atoms with Crippen LogP contribution in [0.2, 0.25) is 5.02 Å². The number of hydrogen-bond donors (Lipinski definition) is 3. The molecule has 2 aliphatic rings. The Bertz CT molecular complexity index is 1020. The molecule has 0 saturated carbocycles. The summed E-state index contributed by atoms with van der Waals surface area (Å²) in [5.41, 5.74) is 0.601. The van der Waals surface area contributed by atoms with Gasteiger partial charge in [-0.2, -0.15) is 5.26 Å². The predicted molar refractivity (Wildman–Crippen MR) is 131 cm³/mol. The number of nitrogens with one attached hydrogen (secondary N) is 3. The second-order valence-electron chi connectivity index (χ2n) is 9.90. The molecule has 3 N–H and O–H groups in total. The monoisotopic (exact) mass is 523 g/mol. The summed E-state index contributed by atoms with van der Waals surface area (Å²) in [6.45, 7) is 4.07. The Labute approximate surface area is 214 Å². The summed E-state index contributed by atoms with van der Waals surface area (Å²) >= 11 is 6.07. The first-order valence-corrected chi connectivity index (χ1v) is 12.5. The van der Waals surface area contributed by atoms with Gasteiger partial charge < -0.3 is 20.9 Å². The third-order valence-corrected chi connectivity index (χ3v) is 6.73. The van der Waals surface area contributed by atoms with E-state index in [0.717, 1.165) is 0 Å². The number of hydrogen-bond acceptors (Lipinski definition) is 5. The molecule has 2 heterocycles. The van der Waals surface area contributed by atoms with Crippen molar-refractivity contribution in [3.63, 3.8) is 0 Å². The molecule has 2 fully saturated rings. The van der Waals surface area contributed by atoms with Crippen molar-refractivity contribution < 1.29 is 23.2 Å². The number of halogens is 3. The molecule has 0 spiro atoms. The van der Waals surface area contributed by atoms with Crippen LogP contribution in [0.5, 0.6) is 0 Å². The van der Waals surface area contributed by atoms with Crippen molar-refractivity contribution in [3.8, 4) is 6.07 Å². The smallest absolute Gasteiger partial charge is 0.252 e. The SMILES string of the molecule is CC(C)C[C@@H](Nc1cccc(Cl)c1)C(=O)N1CCC(F)(F)C[C@H]1C(=O)N[C@H](C#N)C[C@@H]1CCNC1=O. The fraction of sp³-hybridized carbons (Fsp3) is 0.600. The van der Waals surface area contributed by atoms with Crippen molar-refractivity contribution in [2.45, 2.75) is 70.0 Å². The van der Waals surface area contributed by atoms with Gasteiger partial charge in [-0.15, -0.1) is 0 Å². The highest BCUT2D eigenvalue weighted by molar-refractivity contribution is 6.30. The van der Waals surface area contributed by atoms with Crippen molar-refractivity contribution >= 4 is 35.0 Å². The van der Waals surface area contributed by atoms with Gasteiger partial charge in [-0.3, -0.25) is 14.4 Å². The highest BCUT2D eigenvalue weighted by Crippen LogP contribution is 2.33. The van der Waals surface area contributed by atoms with E-state index in [2.05, 4.69) is 16.0 Å². The zero-order valence-corrected chi connectivity index (χ0v) is 21.2. The number of anilines is 1. The molecule has 1 aromatic carbocycles. The maximum absolute atomic E-state index is 14.4. The molecular formula is C25H32ClF2N5O3. The van der Waals surface area contributed by atoms with Gasteiger partial charge in [0.25, 0.3) is 5.92 Å². The summed E-state index contributed by atoms with van der Waals surface area (Å²) in [6, 6.07) is 5.54. The van der Waals surface area contributed by atoms with E-state index in [-0.39, 0.29) is 24.8 Å². The van der Waals surface area contributed by atoms with Crippen molar-refractivity contribution in [2.24, 2.45) is 11.8 Å². The predicted octanol–water partition coefficient (Wildman–Crippen LogP) is 3.33. The Morgan fingerprint density at radius 1 is 1.36 bits per heavy atom. The van der Waals surface area contributed by atoms with Crippen molar-refractivity contribution in [2.75, 3.05) is 18.4 Å². The number of likely N-dealkylation sites (tertiary alicyclic amines) is 1. The summed E-state index contributed by atoms with van der Waals surface area (Å²) in [5.74, 6) is -4.95. The van der Waals surface area contributed by atoms with Gasteiger partial charge in [-0.1, -0.05) is 31.5 Å². The van der Waals surface area contributed by atoms with Crippen LogP contribution in [0.25, 0.3) is 0 Å². The van der Waals surface area contributed by atoms with Crippen molar-refractivity contribution in [1.82, 2.24) is 15.5 Å². The number of rotatable bonds is 9. The van der Waals surface area contributed by atoms with E-state index in [1.165, 1.54) is 4.90 Å². The van der Waals surface area contributed by atoms with Gasteiger partial charge in [-0.25, -0.2) is 8.78 Å². The van der Waals surface area contributed by atoms with Gasteiger partial charge in [0.2, 0.25) is 17.7 Å². The topological polar surface area (TPSA) is 114 Å². The zero-order chi connectivity index (χ0) is 26.5. The van der Waals surface area contributed by atoms with Crippen LogP contribution in [-0.2, 0) is 14.4 Å². The first kappa shape index (κ1) is 27.7. The molecule has 4 atom stereocenters. The van der Waals surface area contributed by atoms with E-state index in [1.807, 2.05) is 19.9 Å². The number of amides is 3. The summed E-state index contributed by atoms with van der Waals surface area (Å²) in [7, 11) is 0. The minimum absolute atomic E-state index is 0.0808. The number of nitrogens with zero attached hydrogens (tertiary/aromatic N) is 2. The van der Waals surface area contributed by atoms with Gasteiger partial charge in [0.1, 0.15) is 18.1 Å². The minimum Gasteiger partial charge on any atom is -0.374 e. The lowest BCUT2D eigenvalue weighted by molar-refractivity contribution is -0.153. The number of carbonyl (C=O) groups excluding carboxylic acids is 3. The molecule has 0 unspecified atom stereocenters. The first-order chi connectivity index (χ1) is 17.0. The summed E-state index contributed by atoms with van der Waals surface area (Å²) < 4.78 is 28.8. The second-order valence-corrected chi connectivity index (χ2v) is 10.3. The summed E-state index contributed by atoms with van der Waals surface area (Å²) in [6.07, 6.45) is -0.372. The van der Waals surface area contributed by atoms with E-state index in [0.29, 0.717) is 30.1 Å². The van der Waals surface area contributed by atoms with Crippen LogP contribution >= 0.6 is 11.6 Å². The standard InChI is InChI=1S/C25H32ClF2N5O3/c1-15(2)10-20(31-18-5-3-4-17(26)12-18)24(36)33-9-7-25(27,28)13-21(33)23(35)32-19(14-29)11-16-6-8-30-22(16)34/h3-5,12,15-16,19-21,31H,6-11,13H2,1-2H3,(H,30,34)(H,32,35)/t16-,19-,20+,21-/m0/s1. The first-order valence-electron chi connectivity index (χ1n) is 12.2. The van der Waals surface area contributed by atoms with E-state index in [4.69, 9.17) is 11.6 Å². The average Bonchev–Trinajstić information content (AvgIpc) is 3.21. The number of benzene rings is 1. The molecule has 0 aliphatic carbocycles. The Kier molecular flexibility index (Phi) is 9.12. The molecule has 0 aromatic heterocycles. The molecule has 3 rings (SSSR count). The van der Waals surface area contributed by atoms with Gasteiger partial charge in [0, 0.05) is 42.6 Å². The van der Waals surface area contributed by atoms with Crippen LogP contribution < -0.4 is 16.0 Å². The van der Waals surface area contributed by atoms with Crippen molar-refractivity contribution in [3.05, 3.63) is 29.3 Å². The van der Waals surface area contributed by atoms with Crippen LogP contribution in [-0.4, -0.2) is 59.8 Å². The molecule has 8 nitrogen and oxygen atoms in total. The van der Waals surface area contributed by atoms with Gasteiger partial charge >= 0.3 is 0 Å². The van der Waals surface area contributed by atoms with Crippen LogP contribution in [0.4, 0.5) is 14.5 Å². The lowest BCUT2D eigenvalue weighted by atomic mass is 9.94. The number of alkyl halides is 2. The van der Waals surface area contributed by atoms with Crippen LogP contribution in [0.3, 0.4) is 0 Å². The maximum Gasteiger partial charge on any atom is 0.252 e. The zero-order valence-electron chi connectivity index (χ0n) is 20.4. The quantitative estimate of drug-likeness (QED) is 0.459. The molecule has 36 heavy (non-hydrogen) atoms. The third kappa shape index (κ3) is 7.29. The normalized spacial score (nSPS) is 22.9. The Hall–Kier alpha value is -2.93. The minimum atomic E-state index is -3.12. The van der Waals surface area contributed by atoms with E-state index < -0.39 is 54.6 Å². The lowest BCUT2D eigenvalue weighted by Gasteiger charge is -2.40. The fourth-order valence-corrected chi connectivity index (χ4v) is 4.86. The van der Waals surface area contributed by atoms with Gasteiger partial charge in [0.05, 0.1) is 6.07 Å².